The van der Waals surface area contributed by atoms with E-state index in [0.29, 0.717) is 11.3 Å². The Morgan fingerprint density at radius 2 is 2.00 bits per heavy atom. The van der Waals surface area contributed by atoms with Crippen LogP contribution in [0.25, 0.3) is 6.08 Å². The normalized spacial score (nSPS) is 17.0. The molecule has 1 aliphatic heterocycles. The summed E-state index contributed by atoms with van der Waals surface area (Å²) in [6, 6.07) is 7.77. The van der Waals surface area contributed by atoms with Crippen LogP contribution in [0, 0.1) is 6.92 Å². The van der Waals surface area contributed by atoms with Gasteiger partial charge in [0.1, 0.15) is 5.57 Å². The largest absolute Gasteiger partial charge is 0.472 e. The van der Waals surface area contributed by atoms with Crippen LogP contribution < -0.4 is 10.2 Å². The average molecular weight is 296 g/mol. The van der Waals surface area contributed by atoms with E-state index in [1.165, 1.54) is 18.6 Å². The number of imide groups is 2. The van der Waals surface area contributed by atoms with Crippen LogP contribution in [-0.4, -0.2) is 17.8 Å². The Hall–Kier alpha value is -3.15. The number of benzene rings is 1. The van der Waals surface area contributed by atoms with Crippen LogP contribution in [0.2, 0.25) is 0 Å². The highest BCUT2D eigenvalue weighted by Gasteiger charge is 2.36. The van der Waals surface area contributed by atoms with E-state index in [4.69, 9.17) is 4.42 Å². The van der Waals surface area contributed by atoms with Gasteiger partial charge >= 0.3 is 6.03 Å². The SMILES string of the molecule is Cc1cccc(N2C(=O)NC(=O)/C(=C\c3ccoc3)C2=O)c1. The first-order valence-electron chi connectivity index (χ1n) is 6.56. The highest BCUT2D eigenvalue weighted by molar-refractivity contribution is 6.39. The van der Waals surface area contributed by atoms with Crippen LogP contribution in [0.1, 0.15) is 11.1 Å². The molecule has 1 saturated heterocycles. The summed E-state index contributed by atoms with van der Waals surface area (Å²) in [4.78, 5) is 37.4. The fourth-order valence-electron chi connectivity index (χ4n) is 2.18. The number of furan rings is 1. The van der Waals surface area contributed by atoms with Gasteiger partial charge < -0.3 is 4.42 Å². The summed E-state index contributed by atoms with van der Waals surface area (Å²) in [7, 11) is 0. The van der Waals surface area contributed by atoms with Crippen molar-refractivity contribution >= 4 is 29.6 Å². The number of urea groups is 1. The highest BCUT2D eigenvalue weighted by atomic mass is 16.3. The highest BCUT2D eigenvalue weighted by Crippen LogP contribution is 2.22. The Balaban J connectivity index is 2.03. The second kappa shape index (κ2) is 5.33. The Morgan fingerprint density at radius 1 is 1.18 bits per heavy atom. The molecule has 2 aromatic rings. The number of nitrogens with zero attached hydrogens (tertiary/aromatic N) is 1. The molecule has 0 saturated carbocycles. The van der Waals surface area contributed by atoms with Crippen molar-refractivity contribution in [3.05, 3.63) is 59.6 Å². The number of carbonyl (C=O) groups excluding carboxylic acids is 3. The zero-order valence-corrected chi connectivity index (χ0v) is 11.7. The molecule has 1 aromatic heterocycles. The third-order valence-corrected chi connectivity index (χ3v) is 3.22. The lowest BCUT2D eigenvalue weighted by molar-refractivity contribution is -0.122. The number of rotatable bonds is 2. The first-order chi connectivity index (χ1) is 10.6. The predicted molar refractivity (Wildman–Crippen MR) is 78.9 cm³/mol. The molecule has 1 aliphatic rings. The average Bonchev–Trinajstić information content (AvgIpc) is 2.96. The Bertz CT molecular complexity index is 790. The summed E-state index contributed by atoms with van der Waals surface area (Å²) in [6.45, 7) is 1.85. The quantitative estimate of drug-likeness (QED) is 0.681. The van der Waals surface area contributed by atoms with Crippen molar-refractivity contribution in [2.75, 3.05) is 4.90 Å². The van der Waals surface area contributed by atoms with Crippen molar-refractivity contribution in [3.63, 3.8) is 0 Å². The molecule has 0 aliphatic carbocycles. The van der Waals surface area contributed by atoms with E-state index in [1.54, 1.807) is 24.3 Å². The first-order valence-corrected chi connectivity index (χ1v) is 6.56. The molecule has 22 heavy (non-hydrogen) atoms. The minimum absolute atomic E-state index is 0.123. The number of nitrogens with one attached hydrogen (secondary N) is 1. The summed E-state index contributed by atoms with van der Waals surface area (Å²) in [5.74, 6) is -1.39. The van der Waals surface area contributed by atoms with Gasteiger partial charge in [0.25, 0.3) is 11.8 Å². The molecule has 0 spiro atoms. The number of aryl methyl sites for hydroxylation is 1. The van der Waals surface area contributed by atoms with E-state index in [2.05, 4.69) is 5.32 Å². The van der Waals surface area contributed by atoms with Crippen LogP contribution >= 0.6 is 0 Å². The fourth-order valence-corrected chi connectivity index (χ4v) is 2.18. The molecular weight excluding hydrogens is 284 g/mol. The molecule has 1 aromatic carbocycles. The van der Waals surface area contributed by atoms with Gasteiger partial charge in [0.05, 0.1) is 18.2 Å². The molecule has 0 atom stereocenters. The van der Waals surface area contributed by atoms with E-state index in [-0.39, 0.29) is 5.57 Å². The minimum atomic E-state index is -0.759. The van der Waals surface area contributed by atoms with Crippen molar-refractivity contribution in [1.82, 2.24) is 5.32 Å². The number of carbonyl (C=O) groups is 3. The van der Waals surface area contributed by atoms with Crippen LogP contribution in [0.4, 0.5) is 10.5 Å². The zero-order chi connectivity index (χ0) is 15.7. The van der Waals surface area contributed by atoms with E-state index in [1.807, 2.05) is 13.0 Å². The van der Waals surface area contributed by atoms with Gasteiger partial charge in [-0.15, -0.1) is 0 Å². The number of amides is 4. The van der Waals surface area contributed by atoms with Gasteiger partial charge in [-0.25, -0.2) is 9.69 Å². The standard InChI is InChI=1S/C16H12N2O4/c1-10-3-2-4-12(7-10)18-15(20)13(14(19)17-16(18)21)8-11-5-6-22-9-11/h2-9H,1H3,(H,17,19,21)/b13-8+. The topological polar surface area (TPSA) is 79.6 Å². The van der Waals surface area contributed by atoms with E-state index >= 15 is 0 Å². The molecule has 0 radical (unpaired) electrons. The number of anilines is 1. The molecule has 0 unspecified atom stereocenters. The lowest BCUT2D eigenvalue weighted by atomic mass is 10.1. The van der Waals surface area contributed by atoms with Gasteiger partial charge in [-0.05, 0) is 36.8 Å². The van der Waals surface area contributed by atoms with E-state index < -0.39 is 17.8 Å². The summed E-state index contributed by atoms with van der Waals surface area (Å²) < 4.78 is 4.91. The number of hydrogen-bond acceptors (Lipinski definition) is 4. The maximum atomic E-state index is 12.5. The van der Waals surface area contributed by atoms with Crippen LogP contribution in [-0.2, 0) is 9.59 Å². The number of barbiturate groups is 1. The predicted octanol–water partition coefficient (Wildman–Crippen LogP) is 2.25. The number of hydrogen-bond donors (Lipinski definition) is 1. The lowest BCUT2D eigenvalue weighted by Gasteiger charge is -2.26. The molecule has 2 heterocycles. The smallest absolute Gasteiger partial charge is 0.335 e. The van der Waals surface area contributed by atoms with Crippen molar-refractivity contribution < 1.29 is 18.8 Å². The monoisotopic (exact) mass is 296 g/mol. The van der Waals surface area contributed by atoms with Crippen LogP contribution in [0.5, 0.6) is 0 Å². The molecule has 6 nitrogen and oxygen atoms in total. The first kappa shape index (κ1) is 13.8. The summed E-state index contributed by atoms with van der Waals surface area (Å²) >= 11 is 0. The Kier molecular flexibility index (Phi) is 3.34. The molecular formula is C16H12N2O4. The maximum Gasteiger partial charge on any atom is 0.335 e. The minimum Gasteiger partial charge on any atom is -0.472 e. The summed E-state index contributed by atoms with van der Waals surface area (Å²) in [5, 5.41) is 2.17. The van der Waals surface area contributed by atoms with Crippen molar-refractivity contribution in [2.24, 2.45) is 0 Å². The van der Waals surface area contributed by atoms with E-state index in [0.717, 1.165) is 10.5 Å². The van der Waals surface area contributed by atoms with Gasteiger partial charge in [-0.2, -0.15) is 0 Å². The van der Waals surface area contributed by atoms with Gasteiger partial charge in [0.2, 0.25) is 0 Å². The van der Waals surface area contributed by atoms with Crippen LogP contribution in [0.3, 0.4) is 0 Å². The zero-order valence-electron chi connectivity index (χ0n) is 11.7. The molecule has 1 fully saturated rings. The molecule has 4 amide bonds. The van der Waals surface area contributed by atoms with Gasteiger partial charge in [-0.1, -0.05) is 12.1 Å². The fraction of sp³-hybridized carbons (Fsp3) is 0.0625. The Morgan fingerprint density at radius 3 is 2.68 bits per heavy atom. The molecule has 0 bridgehead atoms. The van der Waals surface area contributed by atoms with Crippen molar-refractivity contribution in [2.45, 2.75) is 6.92 Å². The summed E-state index contributed by atoms with van der Waals surface area (Å²) in [5.41, 5.74) is 1.75. The second-order valence-electron chi connectivity index (χ2n) is 4.85. The third kappa shape index (κ3) is 2.42. The lowest BCUT2D eigenvalue weighted by Crippen LogP contribution is -2.54. The molecule has 110 valence electrons. The van der Waals surface area contributed by atoms with E-state index in [9.17, 15) is 14.4 Å². The Labute approximate surface area is 126 Å². The maximum absolute atomic E-state index is 12.5. The summed E-state index contributed by atoms with van der Waals surface area (Å²) in [6.07, 6.45) is 4.22. The molecule has 3 rings (SSSR count). The van der Waals surface area contributed by atoms with Crippen molar-refractivity contribution in [1.29, 1.82) is 0 Å². The van der Waals surface area contributed by atoms with Crippen molar-refractivity contribution in [3.8, 4) is 0 Å². The van der Waals surface area contributed by atoms with Crippen LogP contribution in [0.15, 0.2) is 52.8 Å². The van der Waals surface area contributed by atoms with Gasteiger partial charge in [0.15, 0.2) is 0 Å². The van der Waals surface area contributed by atoms with Gasteiger partial charge in [0, 0.05) is 5.56 Å². The molecule has 1 N–H and O–H groups in total. The molecule has 6 heteroatoms. The second-order valence-corrected chi connectivity index (χ2v) is 4.85. The van der Waals surface area contributed by atoms with Gasteiger partial charge in [-0.3, -0.25) is 14.9 Å². The third-order valence-electron chi connectivity index (χ3n) is 3.22.